The highest BCUT2D eigenvalue weighted by atomic mass is 16.5. The molecule has 2 heterocycles. The van der Waals surface area contributed by atoms with E-state index in [1.165, 1.54) is 7.11 Å². The number of esters is 1. The van der Waals surface area contributed by atoms with Gasteiger partial charge in [0.25, 0.3) is 0 Å². The Morgan fingerprint density at radius 2 is 2.24 bits per heavy atom. The third-order valence-corrected chi connectivity index (χ3v) is 7.06. The highest BCUT2D eigenvalue weighted by Crippen LogP contribution is 2.63. The largest absolute Gasteiger partial charge is 0.504 e. The molecule has 0 aromatic heterocycles. The van der Waals surface area contributed by atoms with Gasteiger partial charge in [0, 0.05) is 31.9 Å². The molecule has 1 amide bonds. The smallest absolute Gasteiger partial charge is 0.330 e. The molecule has 2 fully saturated rings. The van der Waals surface area contributed by atoms with Gasteiger partial charge in [-0.15, -0.1) is 0 Å². The van der Waals surface area contributed by atoms with Crippen LogP contribution in [-0.4, -0.2) is 60.8 Å². The van der Waals surface area contributed by atoms with E-state index < -0.39 is 42.2 Å². The van der Waals surface area contributed by atoms with Crippen molar-refractivity contribution in [2.75, 3.05) is 20.7 Å². The number of ether oxygens (including phenoxy) is 2. The minimum Gasteiger partial charge on any atom is -0.504 e. The minimum atomic E-state index is -0.911. The first-order valence-corrected chi connectivity index (χ1v) is 9.93. The number of phenols is 1. The summed E-state index contributed by atoms with van der Waals surface area (Å²) in [5.74, 6) is -0.839. The van der Waals surface area contributed by atoms with Crippen LogP contribution in [0.25, 0.3) is 0 Å². The Kier molecular flexibility index (Phi) is 3.64. The Morgan fingerprint density at radius 1 is 1.41 bits per heavy atom. The molecule has 4 aliphatic rings. The van der Waals surface area contributed by atoms with Gasteiger partial charge in [0.05, 0.1) is 13.2 Å². The molecule has 154 valence electrons. The van der Waals surface area contributed by atoms with Crippen LogP contribution in [0.3, 0.4) is 0 Å². The molecule has 7 heteroatoms. The van der Waals surface area contributed by atoms with Crippen LogP contribution in [-0.2, 0) is 26.2 Å². The minimum absolute atomic E-state index is 0.0531. The lowest BCUT2D eigenvalue weighted by molar-refractivity contribution is -0.135. The number of hydrogen-bond donors (Lipinski definition) is 2. The number of nitrogens with one attached hydrogen (secondary N) is 1. The molecule has 1 saturated heterocycles. The molecule has 5 rings (SSSR count). The summed E-state index contributed by atoms with van der Waals surface area (Å²) in [5, 5.41) is 13.4. The zero-order chi connectivity index (χ0) is 22.1. The standard InChI is InChI=1S/C22H26N2O5/c1-24-10-9-22-13-4-5-14(23-17(26)7-8-18(27)28-2)21(22)29-20-16(25)6-3-12(19(20)22)11-15(13)24/h3,6-8,13-15,21,25H,4-5,9-11H2,1-2H3,(H,23,26)/b8-7+/t13-,14+,15+,21-,22-/m0/s1/i4T,5T/t4?,5?,13-,14+,15+,21-,22-. The number of nitrogens with zero attached hydrogens (tertiary/aromatic N) is 1. The number of methoxy groups -OCH3 is 1. The van der Waals surface area contributed by atoms with Gasteiger partial charge in [-0.1, -0.05) is 6.07 Å². The molecular weight excluding hydrogens is 372 g/mol. The number of rotatable bonds is 3. The number of carbonyl (C=O) groups excluding carboxylic acids is 2. The lowest BCUT2D eigenvalue weighted by Crippen LogP contribution is -2.68. The van der Waals surface area contributed by atoms with Crippen LogP contribution < -0.4 is 10.1 Å². The first-order chi connectivity index (χ1) is 14.8. The number of likely N-dealkylation sites (tertiary alicyclic amines) is 1. The highest BCUT2D eigenvalue weighted by molar-refractivity contribution is 5.94. The van der Waals surface area contributed by atoms with Crippen LogP contribution in [0.4, 0.5) is 0 Å². The van der Waals surface area contributed by atoms with Gasteiger partial charge in [0.1, 0.15) is 6.10 Å². The quantitative estimate of drug-likeness (QED) is 0.585. The molecule has 1 aromatic carbocycles. The maximum Gasteiger partial charge on any atom is 0.330 e. The van der Waals surface area contributed by atoms with Crippen molar-refractivity contribution in [2.24, 2.45) is 5.92 Å². The summed E-state index contributed by atoms with van der Waals surface area (Å²) in [6.07, 6.45) is 1.38. The second-order valence-electron chi connectivity index (χ2n) is 8.33. The number of likely N-dealkylation sites (N-methyl/N-ethyl adjacent to an activating group) is 1. The fourth-order valence-corrected chi connectivity index (χ4v) is 5.81. The van der Waals surface area contributed by atoms with Crippen LogP contribution in [0.1, 0.15) is 33.1 Å². The number of hydrogen-bond acceptors (Lipinski definition) is 6. The van der Waals surface area contributed by atoms with E-state index in [1.54, 1.807) is 6.07 Å². The van der Waals surface area contributed by atoms with Crippen LogP contribution in [0, 0.1) is 5.92 Å². The molecule has 1 aromatic rings. The number of carbonyl (C=O) groups is 2. The van der Waals surface area contributed by atoms with Crippen molar-refractivity contribution in [1.82, 2.24) is 10.2 Å². The van der Waals surface area contributed by atoms with Crippen molar-refractivity contribution in [3.05, 3.63) is 35.4 Å². The van der Waals surface area contributed by atoms with Crippen molar-refractivity contribution in [2.45, 2.75) is 49.2 Å². The molecule has 7 atom stereocenters. The summed E-state index contributed by atoms with van der Waals surface area (Å²) in [4.78, 5) is 26.1. The van der Waals surface area contributed by atoms with Gasteiger partial charge < -0.3 is 24.8 Å². The SMILES string of the molecule is [3H]C1C([3H])[C@H]2[C@H]3Cc4ccc(O)c5c4[C@@]2(CCN3C)[C@@H](O5)[C@@H]1NC(=O)/C=C/C(=O)OC. The lowest BCUT2D eigenvalue weighted by atomic mass is 9.51. The molecule has 2 unspecified atom stereocenters. The monoisotopic (exact) mass is 402 g/mol. The average molecular weight is 402 g/mol. The number of benzene rings is 1. The normalized spacial score (nSPS) is 40.5. The van der Waals surface area contributed by atoms with E-state index in [4.69, 9.17) is 7.48 Å². The third kappa shape index (κ3) is 2.53. The molecule has 7 nitrogen and oxygen atoms in total. The van der Waals surface area contributed by atoms with Crippen LogP contribution in [0.15, 0.2) is 24.3 Å². The van der Waals surface area contributed by atoms with Crippen LogP contribution in [0.5, 0.6) is 11.5 Å². The first kappa shape index (κ1) is 16.3. The summed E-state index contributed by atoms with van der Waals surface area (Å²) in [5.41, 5.74) is 1.53. The van der Waals surface area contributed by atoms with E-state index in [2.05, 4.69) is 22.0 Å². The van der Waals surface area contributed by atoms with Gasteiger partial charge in [-0.2, -0.15) is 0 Å². The Labute approximate surface area is 172 Å². The van der Waals surface area contributed by atoms with Gasteiger partial charge in [-0.3, -0.25) is 4.79 Å². The highest BCUT2D eigenvalue weighted by Gasteiger charge is 2.65. The summed E-state index contributed by atoms with van der Waals surface area (Å²) in [6, 6.07) is 2.92. The molecule has 2 aliphatic heterocycles. The number of piperidine rings is 1. The van der Waals surface area contributed by atoms with Crippen molar-refractivity contribution in [3.63, 3.8) is 0 Å². The third-order valence-electron chi connectivity index (χ3n) is 7.06. The fraction of sp³-hybridized carbons (Fsp3) is 0.545. The van der Waals surface area contributed by atoms with Gasteiger partial charge in [0.2, 0.25) is 5.91 Å². The van der Waals surface area contributed by atoms with E-state index in [0.29, 0.717) is 5.75 Å². The lowest BCUT2D eigenvalue weighted by Gasteiger charge is -2.59. The summed E-state index contributed by atoms with van der Waals surface area (Å²) >= 11 is 0. The van der Waals surface area contributed by atoms with E-state index in [-0.39, 0.29) is 17.7 Å². The number of phenolic OH excluding ortho intramolecular Hbond substituents is 1. The molecule has 1 saturated carbocycles. The van der Waals surface area contributed by atoms with Crippen molar-refractivity contribution in [1.29, 1.82) is 0 Å². The summed E-state index contributed by atoms with van der Waals surface area (Å²) < 4.78 is 28.6. The number of aromatic hydroxyl groups is 1. The van der Waals surface area contributed by atoms with Crippen LogP contribution >= 0.6 is 0 Å². The van der Waals surface area contributed by atoms with Crippen molar-refractivity contribution in [3.8, 4) is 11.5 Å². The summed E-state index contributed by atoms with van der Waals surface area (Å²) in [7, 11) is 3.29. The Morgan fingerprint density at radius 3 is 3.03 bits per heavy atom. The van der Waals surface area contributed by atoms with Gasteiger partial charge in [0.15, 0.2) is 11.5 Å². The molecule has 2 N–H and O–H groups in total. The molecule has 1 spiro atoms. The van der Waals surface area contributed by atoms with Crippen LogP contribution in [0.2, 0.25) is 0 Å². The molecule has 2 bridgehead atoms. The Hall–Kier alpha value is -2.54. The zero-order valence-corrected chi connectivity index (χ0v) is 16.4. The fourth-order valence-electron chi connectivity index (χ4n) is 5.81. The Bertz CT molecular complexity index is 985. The van der Waals surface area contributed by atoms with Crippen molar-refractivity contribution >= 4 is 11.9 Å². The second kappa shape index (κ2) is 6.49. The van der Waals surface area contributed by atoms with E-state index in [1.807, 2.05) is 6.07 Å². The average Bonchev–Trinajstić information content (AvgIpc) is 3.10. The predicted molar refractivity (Wildman–Crippen MR) is 105 cm³/mol. The van der Waals surface area contributed by atoms with E-state index >= 15 is 0 Å². The molecule has 29 heavy (non-hydrogen) atoms. The van der Waals surface area contributed by atoms with Gasteiger partial charge in [-0.05, 0) is 56.8 Å². The Balaban J connectivity index is 1.58. The van der Waals surface area contributed by atoms with E-state index in [0.717, 1.165) is 42.7 Å². The number of amides is 1. The molecule has 2 aliphatic carbocycles. The molecular formula is C22H26N2O5. The summed E-state index contributed by atoms with van der Waals surface area (Å²) in [6.45, 7) is 0.813. The van der Waals surface area contributed by atoms with Gasteiger partial charge >= 0.3 is 5.97 Å². The maximum atomic E-state index is 12.5. The topological polar surface area (TPSA) is 88.1 Å². The second-order valence-corrected chi connectivity index (χ2v) is 8.33. The van der Waals surface area contributed by atoms with Gasteiger partial charge in [-0.25, -0.2) is 4.79 Å². The maximum absolute atomic E-state index is 12.5. The zero-order valence-electron chi connectivity index (χ0n) is 18.4. The van der Waals surface area contributed by atoms with E-state index in [9.17, 15) is 14.7 Å². The predicted octanol–water partition coefficient (Wildman–Crippen LogP) is 1.28. The van der Waals surface area contributed by atoms with Crippen molar-refractivity contribution < 1.29 is 26.9 Å². The molecule has 0 radical (unpaired) electrons. The first-order valence-electron chi connectivity index (χ1n) is 11.1.